The fourth-order valence-electron chi connectivity index (χ4n) is 2.54. The van der Waals surface area contributed by atoms with E-state index in [0.29, 0.717) is 32.0 Å². The number of thiocarbonyl (C=S) groups is 1. The molecule has 2 aromatic rings. The van der Waals surface area contributed by atoms with Crippen LogP contribution in [0.15, 0.2) is 51.8 Å². The Kier molecular flexibility index (Phi) is 6.61. The maximum Gasteiger partial charge on any atom is 0.344 e. The van der Waals surface area contributed by atoms with Gasteiger partial charge in [-0.05, 0) is 55.0 Å². The first-order valence-electron chi connectivity index (χ1n) is 8.41. The van der Waals surface area contributed by atoms with E-state index >= 15 is 0 Å². The van der Waals surface area contributed by atoms with Crippen LogP contribution in [0.4, 0.5) is 5.69 Å². The normalized spacial score (nSPS) is 16.2. The van der Waals surface area contributed by atoms with Gasteiger partial charge < -0.3 is 14.6 Å². The van der Waals surface area contributed by atoms with Gasteiger partial charge in [0.1, 0.15) is 0 Å². The van der Waals surface area contributed by atoms with Crippen LogP contribution in [0, 0.1) is 0 Å². The highest BCUT2D eigenvalue weighted by atomic mass is 79.9. The topological polar surface area (TPSA) is 76.1 Å². The van der Waals surface area contributed by atoms with Gasteiger partial charge in [0, 0.05) is 4.47 Å². The molecule has 1 unspecified atom stereocenters. The maximum atomic E-state index is 12.9. The van der Waals surface area contributed by atoms with E-state index in [4.69, 9.17) is 26.8 Å². The molecule has 1 fully saturated rings. The van der Waals surface area contributed by atoms with Gasteiger partial charge in [0.05, 0.1) is 17.7 Å². The molecule has 9 heteroatoms. The third-order valence-electron chi connectivity index (χ3n) is 4.02. The van der Waals surface area contributed by atoms with Crippen LogP contribution in [-0.2, 0) is 9.59 Å². The van der Waals surface area contributed by atoms with Gasteiger partial charge >= 0.3 is 5.97 Å². The second-order valence-electron chi connectivity index (χ2n) is 6.00. The molecule has 1 aliphatic heterocycles. The zero-order valence-corrected chi connectivity index (χ0v) is 18.6. The van der Waals surface area contributed by atoms with Crippen molar-refractivity contribution in [1.29, 1.82) is 0 Å². The number of carbonyl (C=O) groups excluding carboxylic acids is 1. The molecule has 1 N–H and O–H groups in total. The van der Waals surface area contributed by atoms with Gasteiger partial charge in [-0.25, -0.2) is 4.79 Å². The lowest BCUT2D eigenvalue weighted by Gasteiger charge is -2.14. The minimum atomic E-state index is -1.08. The molecule has 1 aliphatic rings. The highest BCUT2D eigenvalue weighted by molar-refractivity contribution is 9.10. The zero-order chi connectivity index (χ0) is 21.1. The highest BCUT2D eigenvalue weighted by Crippen LogP contribution is 2.37. The average Bonchev–Trinajstić information content (AvgIpc) is 2.96. The van der Waals surface area contributed by atoms with Gasteiger partial charge in [0.15, 0.2) is 21.9 Å². The standard InChI is InChI=1S/C20H16BrNO5S2/c1-11(19(24)25)27-15-8-3-12(9-16(15)26-2)10-17-18(23)22(20(28)29-17)14-6-4-13(21)5-7-14/h3-11H,1-2H3,(H,24,25)/b17-10+. The number of hydrogen-bond acceptors (Lipinski definition) is 6. The van der Waals surface area contributed by atoms with Crippen molar-refractivity contribution in [2.75, 3.05) is 12.0 Å². The van der Waals surface area contributed by atoms with E-state index in [0.717, 1.165) is 4.47 Å². The number of thioether (sulfide) groups is 1. The van der Waals surface area contributed by atoms with Crippen LogP contribution in [0.2, 0.25) is 0 Å². The molecule has 2 aromatic carbocycles. The predicted molar refractivity (Wildman–Crippen MR) is 121 cm³/mol. The molecule has 0 bridgehead atoms. The van der Waals surface area contributed by atoms with E-state index in [9.17, 15) is 9.59 Å². The number of benzene rings is 2. The van der Waals surface area contributed by atoms with Gasteiger partial charge in [-0.15, -0.1) is 0 Å². The molecule has 3 rings (SSSR count). The first kappa shape index (κ1) is 21.4. The summed E-state index contributed by atoms with van der Waals surface area (Å²) in [5, 5.41) is 9.00. The van der Waals surface area contributed by atoms with Crippen LogP contribution in [0.25, 0.3) is 6.08 Å². The summed E-state index contributed by atoms with van der Waals surface area (Å²) in [5.74, 6) is -0.605. The van der Waals surface area contributed by atoms with E-state index in [-0.39, 0.29) is 5.91 Å². The van der Waals surface area contributed by atoms with Crippen LogP contribution < -0.4 is 14.4 Å². The Morgan fingerprint density at radius 2 is 1.93 bits per heavy atom. The van der Waals surface area contributed by atoms with Gasteiger partial charge in [0.2, 0.25) is 0 Å². The molecule has 0 radical (unpaired) electrons. The molecule has 0 aromatic heterocycles. The number of carboxylic acid groups (broad SMARTS) is 1. The average molecular weight is 494 g/mol. The summed E-state index contributed by atoms with van der Waals surface area (Å²) in [6, 6.07) is 12.3. The zero-order valence-electron chi connectivity index (χ0n) is 15.4. The lowest BCUT2D eigenvalue weighted by Crippen LogP contribution is -2.27. The minimum absolute atomic E-state index is 0.207. The van der Waals surface area contributed by atoms with E-state index in [2.05, 4.69) is 15.9 Å². The number of carbonyl (C=O) groups is 2. The number of carboxylic acids is 1. The molecule has 0 aliphatic carbocycles. The van der Waals surface area contributed by atoms with Crippen molar-refractivity contribution in [1.82, 2.24) is 0 Å². The van der Waals surface area contributed by atoms with Crippen LogP contribution >= 0.6 is 39.9 Å². The molecule has 0 saturated carbocycles. The largest absolute Gasteiger partial charge is 0.493 e. The molecular formula is C20H16BrNO5S2. The third kappa shape index (κ3) is 4.80. The van der Waals surface area contributed by atoms with Crippen LogP contribution in [0.3, 0.4) is 0 Å². The fraction of sp³-hybridized carbons (Fsp3) is 0.150. The molecule has 0 spiro atoms. The SMILES string of the molecule is COc1cc(/C=C2/SC(=S)N(c3ccc(Br)cc3)C2=O)ccc1OC(C)C(=O)O. The number of hydrogen-bond donors (Lipinski definition) is 1. The quantitative estimate of drug-likeness (QED) is 0.460. The van der Waals surface area contributed by atoms with Crippen LogP contribution in [0.1, 0.15) is 12.5 Å². The molecule has 1 saturated heterocycles. The van der Waals surface area contributed by atoms with Gasteiger partial charge in [0.25, 0.3) is 5.91 Å². The fourth-order valence-corrected chi connectivity index (χ4v) is 4.11. The Hall–Kier alpha value is -2.36. The van der Waals surface area contributed by atoms with E-state index in [1.807, 2.05) is 24.3 Å². The summed E-state index contributed by atoms with van der Waals surface area (Å²) in [4.78, 5) is 25.8. The summed E-state index contributed by atoms with van der Waals surface area (Å²) in [6.45, 7) is 1.43. The number of amides is 1. The summed E-state index contributed by atoms with van der Waals surface area (Å²) in [5.41, 5.74) is 1.40. The van der Waals surface area contributed by atoms with Crippen molar-refractivity contribution < 1.29 is 24.2 Å². The maximum absolute atomic E-state index is 12.9. The van der Waals surface area contributed by atoms with E-state index in [1.165, 1.54) is 30.7 Å². The third-order valence-corrected chi connectivity index (χ3v) is 5.85. The Labute approximate surface area is 185 Å². The van der Waals surface area contributed by atoms with E-state index < -0.39 is 12.1 Å². The van der Waals surface area contributed by atoms with Crippen molar-refractivity contribution in [2.45, 2.75) is 13.0 Å². The molecule has 1 atom stereocenters. The Bertz CT molecular complexity index is 1010. The molecular weight excluding hydrogens is 478 g/mol. The summed E-state index contributed by atoms with van der Waals surface area (Å²) >= 11 is 9.97. The Morgan fingerprint density at radius 1 is 1.24 bits per heavy atom. The number of methoxy groups -OCH3 is 1. The second kappa shape index (κ2) is 8.98. The molecule has 29 heavy (non-hydrogen) atoms. The number of halogens is 1. The van der Waals surface area contributed by atoms with Crippen molar-refractivity contribution in [3.63, 3.8) is 0 Å². The Morgan fingerprint density at radius 3 is 2.55 bits per heavy atom. The number of aliphatic carboxylic acids is 1. The number of nitrogens with zero attached hydrogens (tertiary/aromatic N) is 1. The monoisotopic (exact) mass is 493 g/mol. The molecule has 1 heterocycles. The number of rotatable bonds is 6. The smallest absolute Gasteiger partial charge is 0.344 e. The number of anilines is 1. The molecule has 6 nitrogen and oxygen atoms in total. The van der Waals surface area contributed by atoms with Crippen molar-refractivity contribution >= 4 is 67.9 Å². The van der Waals surface area contributed by atoms with Crippen molar-refractivity contribution in [2.24, 2.45) is 0 Å². The second-order valence-corrected chi connectivity index (χ2v) is 8.59. The number of ether oxygens (including phenoxy) is 2. The lowest BCUT2D eigenvalue weighted by atomic mass is 10.1. The van der Waals surface area contributed by atoms with Crippen LogP contribution in [0.5, 0.6) is 11.5 Å². The predicted octanol–water partition coefficient (Wildman–Crippen LogP) is 4.72. The summed E-state index contributed by atoms with van der Waals surface area (Å²) < 4.78 is 12.1. The summed E-state index contributed by atoms with van der Waals surface area (Å²) in [6.07, 6.45) is 0.697. The molecule has 150 valence electrons. The first-order chi connectivity index (χ1) is 13.8. The molecule has 1 amide bonds. The van der Waals surface area contributed by atoms with Gasteiger partial charge in [-0.3, -0.25) is 9.69 Å². The van der Waals surface area contributed by atoms with Crippen molar-refractivity contribution in [3.05, 3.63) is 57.4 Å². The van der Waals surface area contributed by atoms with Gasteiger partial charge in [-0.1, -0.05) is 46.0 Å². The first-order valence-corrected chi connectivity index (χ1v) is 10.4. The lowest BCUT2D eigenvalue weighted by molar-refractivity contribution is -0.144. The highest BCUT2D eigenvalue weighted by Gasteiger charge is 2.33. The van der Waals surface area contributed by atoms with Crippen molar-refractivity contribution in [3.8, 4) is 11.5 Å². The summed E-state index contributed by atoms with van der Waals surface area (Å²) in [7, 11) is 1.46. The van der Waals surface area contributed by atoms with Gasteiger partial charge in [-0.2, -0.15) is 0 Å². The minimum Gasteiger partial charge on any atom is -0.493 e. The van der Waals surface area contributed by atoms with Crippen LogP contribution in [-0.4, -0.2) is 34.5 Å². The Balaban J connectivity index is 1.86. The van der Waals surface area contributed by atoms with E-state index in [1.54, 1.807) is 24.3 Å².